The van der Waals surface area contributed by atoms with Crippen LogP contribution in [0.3, 0.4) is 0 Å². The fourth-order valence-corrected chi connectivity index (χ4v) is 4.83. The van der Waals surface area contributed by atoms with E-state index >= 15 is 0 Å². The second-order valence-electron chi connectivity index (χ2n) is 5.26. The Morgan fingerprint density at radius 3 is 2.46 bits per heavy atom. The Bertz CT molecular complexity index is 933. The summed E-state index contributed by atoms with van der Waals surface area (Å²) in [5.41, 5.74) is -0.212. The van der Waals surface area contributed by atoms with Crippen molar-refractivity contribution in [1.82, 2.24) is 19.7 Å². The van der Waals surface area contributed by atoms with E-state index in [1.54, 1.807) is 25.2 Å². The van der Waals surface area contributed by atoms with Crippen molar-refractivity contribution in [2.24, 2.45) is 7.05 Å². The molecule has 0 radical (unpaired) electrons. The van der Waals surface area contributed by atoms with Crippen molar-refractivity contribution in [2.75, 3.05) is 0 Å². The lowest BCUT2D eigenvalue weighted by Crippen LogP contribution is -2.08. The molecular weight excluding hydrogens is 428 g/mol. The second-order valence-corrected chi connectivity index (χ2v) is 8.22. The molecule has 2 heterocycles. The molecular formula is C15H11Cl2F3N4S2. The molecule has 0 saturated heterocycles. The summed E-state index contributed by atoms with van der Waals surface area (Å²) >= 11 is 14.5. The minimum atomic E-state index is -4.55. The number of nitrogens with zero attached hydrogens (tertiary/aromatic N) is 4. The molecule has 0 unspecified atom stereocenters. The molecule has 0 fully saturated rings. The molecule has 138 valence electrons. The molecule has 0 bridgehead atoms. The smallest absolute Gasteiger partial charge is 0.304 e. The van der Waals surface area contributed by atoms with Gasteiger partial charge in [0.1, 0.15) is 4.88 Å². The van der Waals surface area contributed by atoms with Gasteiger partial charge in [0, 0.05) is 22.8 Å². The molecule has 0 aliphatic carbocycles. The quantitative estimate of drug-likeness (QED) is 0.478. The van der Waals surface area contributed by atoms with E-state index in [-0.39, 0.29) is 10.7 Å². The largest absolute Gasteiger partial charge is 0.434 e. The standard InChI is InChI=1S/C15H11Cl2F3N4S2/c1-7-21-12(15(18,19)20)11(26-7)13-22-23-14(24(13)2)25-6-8-9(16)4-3-5-10(8)17/h3-5H,6H2,1-2H3. The van der Waals surface area contributed by atoms with Crippen molar-refractivity contribution < 1.29 is 13.2 Å². The van der Waals surface area contributed by atoms with Crippen LogP contribution in [0.15, 0.2) is 23.4 Å². The van der Waals surface area contributed by atoms with Crippen molar-refractivity contribution in [3.05, 3.63) is 44.5 Å². The van der Waals surface area contributed by atoms with Crippen molar-refractivity contribution in [1.29, 1.82) is 0 Å². The zero-order valence-corrected chi connectivity index (χ0v) is 16.6. The number of rotatable bonds is 4. The molecule has 3 rings (SSSR count). The highest BCUT2D eigenvalue weighted by molar-refractivity contribution is 7.98. The Balaban J connectivity index is 1.90. The van der Waals surface area contributed by atoms with Gasteiger partial charge in [0.15, 0.2) is 16.7 Å². The first kappa shape index (κ1) is 19.5. The fraction of sp³-hybridized carbons (Fsp3) is 0.267. The van der Waals surface area contributed by atoms with Crippen molar-refractivity contribution >= 4 is 46.3 Å². The third kappa shape index (κ3) is 3.85. The Kier molecular flexibility index (Phi) is 5.53. The van der Waals surface area contributed by atoms with E-state index in [1.807, 2.05) is 0 Å². The fourth-order valence-electron chi connectivity index (χ4n) is 2.22. The number of hydrogen-bond donors (Lipinski definition) is 0. The van der Waals surface area contributed by atoms with Gasteiger partial charge in [-0.25, -0.2) is 4.98 Å². The maximum absolute atomic E-state index is 13.2. The van der Waals surface area contributed by atoms with Gasteiger partial charge < -0.3 is 4.57 Å². The highest BCUT2D eigenvalue weighted by Gasteiger charge is 2.38. The lowest BCUT2D eigenvalue weighted by atomic mass is 10.2. The summed E-state index contributed by atoms with van der Waals surface area (Å²) in [6, 6.07) is 5.19. The first-order valence-corrected chi connectivity index (χ1v) is 9.74. The second kappa shape index (κ2) is 7.38. The molecule has 2 aromatic heterocycles. The highest BCUT2D eigenvalue weighted by Crippen LogP contribution is 2.40. The molecule has 4 nitrogen and oxygen atoms in total. The van der Waals surface area contributed by atoms with E-state index < -0.39 is 11.9 Å². The van der Waals surface area contributed by atoms with Crippen LogP contribution < -0.4 is 0 Å². The van der Waals surface area contributed by atoms with Crippen LogP contribution in [-0.2, 0) is 19.0 Å². The van der Waals surface area contributed by atoms with Crippen LogP contribution in [0.4, 0.5) is 13.2 Å². The number of aromatic nitrogens is 4. The van der Waals surface area contributed by atoms with Crippen LogP contribution >= 0.6 is 46.3 Å². The van der Waals surface area contributed by atoms with Gasteiger partial charge in [0.05, 0.1) is 5.01 Å². The zero-order valence-electron chi connectivity index (χ0n) is 13.4. The first-order chi connectivity index (χ1) is 12.2. The summed E-state index contributed by atoms with van der Waals surface area (Å²) in [7, 11) is 1.61. The summed E-state index contributed by atoms with van der Waals surface area (Å²) in [5.74, 6) is 0.536. The van der Waals surface area contributed by atoms with Crippen molar-refractivity contribution in [3.63, 3.8) is 0 Å². The van der Waals surface area contributed by atoms with Gasteiger partial charge in [0.25, 0.3) is 0 Å². The van der Waals surface area contributed by atoms with E-state index in [0.717, 1.165) is 16.9 Å². The van der Waals surface area contributed by atoms with Crippen LogP contribution in [0.2, 0.25) is 10.0 Å². The van der Waals surface area contributed by atoms with Gasteiger partial charge in [-0.2, -0.15) is 13.2 Å². The van der Waals surface area contributed by atoms with E-state index in [4.69, 9.17) is 23.2 Å². The minimum Gasteiger partial charge on any atom is -0.304 e. The number of alkyl halides is 3. The summed E-state index contributed by atoms with van der Waals surface area (Å²) in [6.45, 7) is 1.52. The van der Waals surface area contributed by atoms with Gasteiger partial charge in [-0.15, -0.1) is 21.5 Å². The first-order valence-electron chi connectivity index (χ1n) is 7.18. The van der Waals surface area contributed by atoms with E-state index in [9.17, 15) is 13.2 Å². The average Bonchev–Trinajstić information content (AvgIpc) is 3.10. The topological polar surface area (TPSA) is 43.6 Å². The Morgan fingerprint density at radius 2 is 1.85 bits per heavy atom. The summed E-state index contributed by atoms with van der Waals surface area (Å²) in [5, 5.41) is 9.73. The zero-order chi connectivity index (χ0) is 19.1. The molecule has 0 aliphatic rings. The number of benzene rings is 1. The minimum absolute atomic E-state index is 0.0485. The van der Waals surface area contributed by atoms with Gasteiger partial charge in [0.2, 0.25) is 0 Å². The monoisotopic (exact) mass is 438 g/mol. The number of aryl methyl sites for hydroxylation is 1. The van der Waals surface area contributed by atoms with Gasteiger partial charge in [-0.05, 0) is 24.6 Å². The number of hydrogen-bond acceptors (Lipinski definition) is 5. The number of halogens is 5. The maximum Gasteiger partial charge on any atom is 0.434 e. The molecule has 3 aromatic rings. The molecule has 0 atom stereocenters. The van der Waals surface area contributed by atoms with Crippen molar-refractivity contribution in [2.45, 2.75) is 24.0 Å². The Labute approximate surface area is 165 Å². The van der Waals surface area contributed by atoms with Crippen molar-refractivity contribution in [3.8, 4) is 10.7 Å². The molecule has 0 spiro atoms. The van der Waals surface area contributed by atoms with Crippen LogP contribution in [0.25, 0.3) is 10.7 Å². The van der Waals surface area contributed by atoms with Crippen LogP contribution in [0, 0.1) is 6.92 Å². The molecule has 11 heteroatoms. The third-order valence-corrected chi connectivity index (χ3v) is 6.17. The molecule has 0 N–H and O–H groups in total. The molecule has 26 heavy (non-hydrogen) atoms. The average molecular weight is 439 g/mol. The van der Waals surface area contributed by atoms with E-state index in [0.29, 0.717) is 26.0 Å². The van der Waals surface area contributed by atoms with Gasteiger partial charge >= 0.3 is 6.18 Å². The lowest BCUT2D eigenvalue weighted by Gasteiger charge is -2.08. The SMILES string of the molecule is Cc1nc(C(F)(F)F)c(-c2nnc(SCc3c(Cl)cccc3Cl)n2C)s1. The molecule has 0 amide bonds. The van der Waals surface area contributed by atoms with Gasteiger partial charge in [-0.1, -0.05) is 41.0 Å². The summed E-state index contributed by atoms with van der Waals surface area (Å²) in [6.07, 6.45) is -4.55. The van der Waals surface area contributed by atoms with Crippen LogP contribution in [0.1, 0.15) is 16.3 Å². The highest BCUT2D eigenvalue weighted by atomic mass is 35.5. The molecule has 0 saturated carbocycles. The van der Waals surface area contributed by atoms with Crippen LogP contribution in [0.5, 0.6) is 0 Å². The van der Waals surface area contributed by atoms with Gasteiger partial charge in [-0.3, -0.25) is 0 Å². The normalized spacial score (nSPS) is 12.0. The van der Waals surface area contributed by atoms with E-state index in [1.165, 1.54) is 23.3 Å². The molecule has 1 aromatic carbocycles. The number of thiazole rings is 1. The predicted molar refractivity (Wildman–Crippen MR) is 97.9 cm³/mol. The summed E-state index contributed by atoms with van der Waals surface area (Å²) in [4.78, 5) is 3.55. The maximum atomic E-state index is 13.2. The lowest BCUT2D eigenvalue weighted by molar-refractivity contribution is -0.140. The van der Waals surface area contributed by atoms with E-state index in [2.05, 4.69) is 15.2 Å². The molecule has 0 aliphatic heterocycles. The number of thioether (sulfide) groups is 1. The Hall–Kier alpha value is -1.29. The summed E-state index contributed by atoms with van der Waals surface area (Å²) < 4.78 is 41.1. The van der Waals surface area contributed by atoms with Crippen LogP contribution in [-0.4, -0.2) is 19.7 Å². The predicted octanol–water partition coefficient (Wildman–Crippen LogP) is 5.86. The third-order valence-electron chi connectivity index (χ3n) is 3.45. The Morgan fingerprint density at radius 1 is 1.19 bits per heavy atom.